The minimum Gasteiger partial charge on any atom is -0.483 e. The van der Waals surface area contributed by atoms with Crippen LogP contribution in [-0.4, -0.2) is 48.7 Å². The molecule has 1 N–H and O–H groups in total. The zero-order valence-electron chi connectivity index (χ0n) is 16.0. The van der Waals surface area contributed by atoms with E-state index in [1.165, 1.54) is 11.3 Å². The van der Waals surface area contributed by atoms with Crippen LogP contribution in [0.25, 0.3) is 11.1 Å². The number of rotatable bonds is 7. The van der Waals surface area contributed by atoms with Crippen LogP contribution in [-0.2, 0) is 16.1 Å². The van der Waals surface area contributed by atoms with Gasteiger partial charge in [0.25, 0.3) is 5.91 Å². The van der Waals surface area contributed by atoms with Gasteiger partial charge in [-0.25, -0.2) is 4.98 Å². The Morgan fingerprint density at radius 1 is 1.10 bits per heavy atom. The number of para-hydroxylation sites is 1. The summed E-state index contributed by atoms with van der Waals surface area (Å²) in [6.45, 7) is 4.05. The molecule has 0 radical (unpaired) electrons. The quantitative estimate of drug-likeness (QED) is 0.645. The number of aromatic nitrogens is 1. The summed E-state index contributed by atoms with van der Waals surface area (Å²) in [6.07, 6.45) is 0. The Labute approximate surface area is 174 Å². The number of amides is 1. The second kappa shape index (κ2) is 9.65. The number of anilines is 1. The summed E-state index contributed by atoms with van der Waals surface area (Å²) in [4.78, 5) is 19.1. The molecule has 0 saturated carbocycles. The molecule has 150 valence electrons. The number of carbonyl (C=O) groups is 1. The van der Waals surface area contributed by atoms with E-state index in [4.69, 9.17) is 9.47 Å². The van der Waals surface area contributed by atoms with E-state index in [9.17, 15) is 4.79 Å². The lowest BCUT2D eigenvalue weighted by Gasteiger charge is -2.25. The third-order valence-corrected chi connectivity index (χ3v) is 5.42. The SMILES string of the molecule is O=C(COc1ccccc1-c1ccccc1)Nc1nc(CN2CCOCC2)cs1. The Kier molecular flexibility index (Phi) is 6.51. The molecule has 1 aliphatic heterocycles. The lowest BCUT2D eigenvalue weighted by Crippen LogP contribution is -2.35. The smallest absolute Gasteiger partial charge is 0.264 e. The lowest BCUT2D eigenvalue weighted by atomic mass is 10.1. The molecule has 0 aliphatic carbocycles. The standard InChI is InChI=1S/C22H23N3O3S/c26-21(24-22-23-18(16-29-22)14-25-10-12-27-13-11-25)15-28-20-9-5-4-8-19(20)17-6-2-1-3-7-17/h1-9,16H,10-15H2,(H,23,24,26). The third kappa shape index (κ3) is 5.41. The number of nitrogens with one attached hydrogen (secondary N) is 1. The van der Waals surface area contributed by atoms with Gasteiger partial charge in [0.05, 0.1) is 18.9 Å². The van der Waals surface area contributed by atoms with Crippen molar-refractivity contribution in [1.29, 1.82) is 0 Å². The number of carbonyl (C=O) groups excluding carboxylic acids is 1. The van der Waals surface area contributed by atoms with Crippen molar-refractivity contribution >= 4 is 22.4 Å². The molecular formula is C22H23N3O3S. The van der Waals surface area contributed by atoms with Crippen LogP contribution in [0.1, 0.15) is 5.69 Å². The van der Waals surface area contributed by atoms with Gasteiger partial charge in [-0.3, -0.25) is 15.0 Å². The van der Waals surface area contributed by atoms with E-state index >= 15 is 0 Å². The van der Waals surface area contributed by atoms with E-state index in [-0.39, 0.29) is 12.5 Å². The molecule has 0 unspecified atom stereocenters. The highest BCUT2D eigenvalue weighted by Crippen LogP contribution is 2.29. The molecule has 0 atom stereocenters. The molecule has 1 fully saturated rings. The van der Waals surface area contributed by atoms with Crippen LogP contribution in [0, 0.1) is 0 Å². The normalized spacial score (nSPS) is 14.5. The van der Waals surface area contributed by atoms with Crippen LogP contribution in [0.4, 0.5) is 5.13 Å². The van der Waals surface area contributed by atoms with Gasteiger partial charge in [-0.2, -0.15) is 0 Å². The van der Waals surface area contributed by atoms with Crippen LogP contribution < -0.4 is 10.1 Å². The lowest BCUT2D eigenvalue weighted by molar-refractivity contribution is -0.118. The molecule has 2 heterocycles. The zero-order chi connectivity index (χ0) is 19.9. The van der Waals surface area contributed by atoms with Crippen molar-refractivity contribution < 1.29 is 14.3 Å². The van der Waals surface area contributed by atoms with Crippen LogP contribution in [0.3, 0.4) is 0 Å². The highest BCUT2D eigenvalue weighted by atomic mass is 32.1. The van der Waals surface area contributed by atoms with Crippen molar-refractivity contribution in [3.63, 3.8) is 0 Å². The summed E-state index contributed by atoms with van der Waals surface area (Å²) in [5.74, 6) is 0.459. The van der Waals surface area contributed by atoms with Gasteiger partial charge in [-0.1, -0.05) is 48.5 Å². The van der Waals surface area contributed by atoms with Crippen LogP contribution >= 0.6 is 11.3 Å². The number of thiazole rings is 1. The van der Waals surface area contributed by atoms with Gasteiger partial charge < -0.3 is 9.47 Å². The fourth-order valence-corrected chi connectivity index (χ4v) is 3.89. The van der Waals surface area contributed by atoms with Crippen molar-refractivity contribution in [2.45, 2.75) is 6.54 Å². The van der Waals surface area contributed by atoms with E-state index in [1.807, 2.05) is 60.0 Å². The molecule has 0 spiro atoms. The first-order valence-electron chi connectivity index (χ1n) is 9.59. The second-order valence-electron chi connectivity index (χ2n) is 6.73. The first kappa shape index (κ1) is 19.6. The predicted molar refractivity (Wildman–Crippen MR) is 114 cm³/mol. The molecule has 6 nitrogen and oxygen atoms in total. The van der Waals surface area contributed by atoms with Crippen molar-refractivity contribution in [3.05, 3.63) is 65.7 Å². The van der Waals surface area contributed by atoms with Gasteiger partial charge >= 0.3 is 0 Å². The summed E-state index contributed by atoms with van der Waals surface area (Å²) in [7, 11) is 0. The fourth-order valence-electron chi connectivity index (χ4n) is 3.17. The number of nitrogens with zero attached hydrogens (tertiary/aromatic N) is 2. The van der Waals surface area contributed by atoms with Crippen molar-refractivity contribution in [2.24, 2.45) is 0 Å². The summed E-state index contributed by atoms with van der Waals surface area (Å²) in [5.41, 5.74) is 2.97. The molecule has 1 aliphatic rings. The summed E-state index contributed by atoms with van der Waals surface area (Å²) in [5, 5.41) is 5.41. The first-order valence-corrected chi connectivity index (χ1v) is 10.5. The molecule has 29 heavy (non-hydrogen) atoms. The average Bonchev–Trinajstić information content (AvgIpc) is 3.20. The molecule has 3 aromatic rings. The van der Waals surface area contributed by atoms with Crippen molar-refractivity contribution in [2.75, 3.05) is 38.2 Å². The Morgan fingerprint density at radius 2 is 1.86 bits per heavy atom. The molecule has 1 aromatic heterocycles. The first-order chi connectivity index (χ1) is 14.3. The Balaban J connectivity index is 1.32. The van der Waals surface area contributed by atoms with Crippen molar-refractivity contribution in [1.82, 2.24) is 9.88 Å². The Hall–Kier alpha value is -2.74. The Bertz CT molecular complexity index is 939. The molecule has 2 aromatic carbocycles. The molecule has 0 bridgehead atoms. The second-order valence-corrected chi connectivity index (χ2v) is 7.59. The topological polar surface area (TPSA) is 63.7 Å². The van der Waals surface area contributed by atoms with Crippen LogP contribution in [0.2, 0.25) is 0 Å². The third-order valence-electron chi connectivity index (χ3n) is 4.62. The summed E-state index contributed by atoms with van der Waals surface area (Å²) < 4.78 is 11.2. The molecule has 4 rings (SSSR count). The maximum atomic E-state index is 12.3. The number of benzene rings is 2. The minimum absolute atomic E-state index is 0.0672. The largest absolute Gasteiger partial charge is 0.483 e. The fraction of sp³-hybridized carbons (Fsp3) is 0.273. The summed E-state index contributed by atoms with van der Waals surface area (Å²) in [6, 6.07) is 17.7. The van der Waals surface area contributed by atoms with Gasteiger partial charge in [0.2, 0.25) is 0 Å². The van der Waals surface area contributed by atoms with Crippen molar-refractivity contribution in [3.8, 4) is 16.9 Å². The number of ether oxygens (including phenoxy) is 2. The van der Waals surface area contributed by atoms with E-state index < -0.39 is 0 Å². The number of hydrogen-bond donors (Lipinski definition) is 1. The highest BCUT2D eigenvalue weighted by molar-refractivity contribution is 7.13. The average molecular weight is 410 g/mol. The van der Waals surface area contributed by atoms with Gasteiger partial charge in [-0.05, 0) is 11.6 Å². The molecule has 1 saturated heterocycles. The van der Waals surface area contributed by atoms with Gasteiger partial charge in [0.15, 0.2) is 11.7 Å². The Morgan fingerprint density at radius 3 is 2.69 bits per heavy atom. The predicted octanol–water partition coefficient (Wildman–Crippen LogP) is 3.66. The number of morpholine rings is 1. The zero-order valence-corrected chi connectivity index (χ0v) is 16.9. The van der Waals surface area contributed by atoms with Gasteiger partial charge in [0, 0.05) is 30.6 Å². The highest BCUT2D eigenvalue weighted by Gasteiger charge is 2.14. The summed E-state index contributed by atoms with van der Waals surface area (Å²) >= 11 is 1.43. The maximum Gasteiger partial charge on any atom is 0.264 e. The minimum atomic E-state index is -0.222. The molecule has 1 amide bonds. The molecule has 7 heteroatoms. The van der Waals surface area contributed by atoms with Crippen LogP contribution in [0.15, 0.2) is 60.0 Å². The molecular weight excluding hydrogens is 386 g/mol. The maximum absolute atomic E-state index is 12.3. The monoisotopic (exact) mass is 409 g/mol. The van der Waals surface area contributed by atoms with Gasteiger partial charge in [-0.15, -0.1) is 11.3 Å². The van der Waals surface area contributed by atoms with E-state index in [1.54, 1.807) is 0 Å². The van der Waals surface area contributed by atoms with Crippen LogP contribution in [0.5, 0.6) is 5.75 Å². The van der Waals surface area contributed by atoms with E-state index in [0.717, 1.165) is 49.7 Å². The van der Waals surface area contributed by atoms with Gasteiger partial charge in [0.1, 0.15) is 5.75 Å². The van der Waals surface area contributed by atoms with E-state index in [2.05, 4.69) is 15.2 Å². The van der Waals surface area contributed by atoms with E-state index in [0.29, 0.717) is 10.9 Å². The number of hydrogen-bond acceptors (Lipinski definition) is 6.